The van der Waals surface area contributed by atoms with E-state index >= 15 is 0 Å². The van der Waals surface area contributed by atoms with Gasteiger partial charge in [-0.2, -0.15) is 0 Å². The number of hydrogen-bond acceptors (Lipinski definition) is 2. The minimum Gasteiger partial charge on any atom is -0.387 e. The summed E-state index contributed by atoms with van der Waals surface area (Å²) in [6.45, 7) is 2.87. The second-order valence-electron chi connectivity index (χ2n) is 4.91. The number of aliphatic hydroxyl groups is 1. The van der Waals surface area contributed by atoms with E-state index in [4.69, 9.17) is 0 Å². The zero-order valence-electron chi connectivity index (χ0n) is 11.3. The third-order valence-electron chi connectivity index (χ3n) is 3.56. The molecular weight excluding hydrogens is 302 g/mol. The van der Waals surface area contributed by atoms with Gasteiger partial charge in [0.05, 0.1) is 10.9 Å². The molecule has 1 aromatic rings. The zero-order chi connectivity index (χ0) is 13.8. The van der Waals surface area contributed by atoms with Gasteiger partial charge in [0.25, 0.3) is 0 Å². The summed E-state index contributed by atoms with van der Waals surface area (Å²) in [5.74, 6) is 1.25. The van der Waals surface area contributed by atoms with Crippen LogP contribution in [0.3, 0.4) is 0 Å². The first-order chi connectivity index (χ1) is 9.09. The number of hydrogen-bond donors (Lipinski definition) is 1. The van der Waals surface area contributed by atoms with Gasteiger partial charge in [0.1, 0.15) is 0 Å². The molecule has 2 rings (SSSR count). The molecule has 0 amide bonds. The Labute approximate surface area is 124 Å². The van der Waals surface area contributed by atoms with Crippen LogP contribution in [0.15, 0.2) is 30.3 Å². The highest BCUT2D eigenvalue weighted by atomic mass is 79.9. The number of aliphatic hydroxyl groups excluding tert-OH is 1. The van der Waals surface area contributed by atoms with Crippen LogP contribution < -0.4 is 0 Å². The molecule has 1 aliphatic rings. The van der Waals surface area contributed by atoms with Crippen molar-refractivity contribution in [1.29, 1.82) is 0 Å². The van der Waals surface area contributed by atoms with Crippen molar-refractivity contribution >= 4 is 15.9 Å². The molecule has 0 saturated heterocycles. The van der Waals surface area contributed by atoms with Crippen molar-refractivity contribution in [2.75, 3.05) is 13.6 Å². The van der Waals surface area contributed by atoms with E-state index in [1.54, 1.807) is 0 Å². The first-order valence-electron chi connectivity index (χ1n) is 6.43. The number of likely N-dealkylation sites (N-methyl/N-ethyl adjacent to an activating group) is 1. The maximum absolute atomic E-state index is 10.4. The molecule has 1 N–H and O–H groups in total. The van der Waals surface area contributed by atoms with Crippen molar-refractivity contribution in [3.05, 3.63) is 65.9 Å². The first kappa shape index (κ1) is 15.0. The lowest BCUT2D eigenvalue weighted by Crippen LogP contribution is -2.37. The molecule has 5 radical (unpaired) electrons. The maximum atomic E-state index is 10.4. The predicted octanol–water partition coefficient (Wildman–Crippen LogP) is 3.17. The van der Waals surface area contributed by atoms with Gasteiger partial charge in [-0.1, -0.05) is 46.3 Å². The maximum Gasteiger partial charge on any atom is 0.0942 e. The summed E-state index contributed by atoms with van der Waals surface area (Å²) in [5, 5.41) is 10.4. The average Bonchev–Trinajstić information content (AvgIpc) is 2.83. The van der Waals surface area contributed by atoms with Gasteiger partial charge < -0.3 is 10.0 Å². The van der Waals surface area contributed by atoms with E-state index in [0.717, 1.165) is 16.9 Å². The zero-order valence-corrected chi connectivity index (χ0v) is 12.8. The van der Waals surface area contributed by atoms with Gasteiger partial charge in [-0.05, 0) is 38.8 Å². The molecule has 0 aliphatic heterocycles. The Bertz CT molecular complexity index is 384. The quantitative estimate of drug-likeness (QED) is 0.900. The summed E-state index contributed by atoms with van der Waals surface area (Å²) >= 11 is 3.54. The second-order valence-corrected chi connectivity index (χ2v) is 5.76. The fraction of sp³-hybridized carbons (Fsp3) is 0.312. The van der Waals surface area contributed by atoms with E-state index in [1.807, 2.05) is 50.2 Å². The molecule has 0 unspecified atom stereocenters. The number of rotatable bonds is 5. The standard InChI is InChI=1S/C16H19BrNO/c1-12(16(19)13-7-4-3-5-8-13)18(2)11-14-9-6-10-15(14)17/h3-10,12,16,19H,11H2,1-2H3/t12-,16-/m0/s1. The Morgan fingerprint density at radius 1 is 1.21 bits per heavy atom. The Balaban J connectivity index is 1.93. The summed E-state index contributed by atoms with van der Waals surface area (Å²) in [5.41, 5.74) is 0.962. The second kappa shape index (κ2) is 6.87. The van der Waals surface area contributed by atoms with Crippen LogP contribution >= 0.6 is 15.9 Å². The third-order valence-corrected chi connectivity index (χ3v) is 4.33. The molecular formula is C16H19BrNO. The molecule has 0 heterocycles. The molecule has 0 bridgehead atoms. The number of halogens is 1. The molecule has 1 aromatic carbocycles. The lowest BCUT2D eigenvalue weighted by atomic mass is 10.0. The van der Waals surface area contributed by atoms with Gasteiger partial charge >= 0.3 is 0 Å². The van der Waals surface area contributed by atoms with Crippen molar-refractivity contribution in [3.8, 4) is 0 Å². The highest BCUT2D eigenvalue weighted by molar-refractivity contribution is 9.11. The Hall–Kier alpha value is -0.380. The van der Waals surface area contributed by atoms with Crippen LogP contribution in [0.1, 0.15) is 18.6 Å². The highest BCUT2D eigenvalue weighted by Gasteiger charge is 2.30. The highest BCUT2D eigenvalue weighted by Crippen LogP contribution is 2.38. The number of benzene rings is 1. The molecule has 3 heteroatoms. The van der Waals surface area contributed by atoms with E-state index < -0.39 is 6.10 Å². The molecule has 101 valence electrons. The average molecular weight is 321 g/mol. The van der Waals surface area contributed by atoms with Crippen LogP contribution in [0.5, 0.6) is 0 Å². The lowest BCUT2D eigenvalue weighted by Gasteiger charge is -2.31. The molecule has 0 aromatic heterocycles. The normalized spacial score (nSPS) is 20.9. The van der Waals surface area contributed by atoms with E-state index in [2.05, 4.69) is 34.2 Å². The summed E-state index contributed by atoms with van der Waals surface area (Å²) in [6, 6.07) is 9.87. The van der Waals surface area contributed by atoms with Crippen LogP contribution in [0, 0.1) is 30.0 Å². The van der Waals surface area contributed by atoms with Gasteiger partial charge in [0.15, 0.2) is 0 Å². The van der Waals surface area contributed by atoms with Crippen molar-refractivity contribution in [2.24, 2.45) is 0 Å². The SMILES string of the molecule is C[C@@H]([C@H](O)c1ccccc1)N(C)C[C]1[CH][CH][CH][C]1Br. The fourth-order valence-corrected chi connectivity index (χ4v) is 2.56. The van der Waals surface area contributed by atoms with Gasteiger partial charge in [-0.3, -0.25) is 0 Å². The predicted molar refractivity (Wildman–Crippen MR) is 81.8 cm³/mol. The van der Waals surface area contributed by atoms with E-state index in [0.29, 0.717) is 0 Å². The molecule has 2 nitrogen and oxygen atoms in total. The monoisotopic (exact) mass is 320 g/mol. The first-order valence-corrected chi connectivity index (χ1v) is 7.22. The number of nitrogens with zero attached hydrogens (tertiary/aromatic N) is 1. The molecule has 2 atom stereocenters. The Kier molecular flexibility index (Phi) is 5.43. The molecule has 0 spiro atoms. The minimum atomic E-state index is -0.472. The van der Waals surface area contributed by atoms with Crippen molar-refractivity contribution in [1.82, 2.24) is 4.90 Å². The van der Waals surface area contributed by atoms with E-state index in [-0.39, 0.29) is 6.04 Å². The van der Waals surface area contributed by atoms with Crippen molar-refractivity contribution in [3.63, 3.8) is 0 Å². The van der Waals surface area contributed by atoms with Crippen LogP contribution in [0.4, 0.5) is 0 Å². The molecule has 19 heavy (non-hydrogen) atoms. The molecule has 1 fully saturated rings. The molecule has 1 saturated carbocycles. The van der Waals surface area contributed by atoms with Crippen molar-refractivity contribution < 1.29 is 5.11 Å². The van der Waals surface area contributed by atoms with E-state index in [9.17, 15) is 5.11 Å². The summed E-state index contributed by atoms with van der Waals surface area (Å²) in [6.07, 6.45) is 5.70. The van der Waals surface area contributed by atoms with Crippen molar-refractivity contribution in [2.45, 2.75) is 19.1 Å². The van der Waals surface area contributed by atoms with Gasteiger partial charge in [-0.15, -0.1) is 0 Å². The van der Waals surface area contributed by atoms with Gasteiger partial charge in [-0.25, -0.2) is 0 Å². The minimum absolute atomic E-state index is 0.0594. The largest absolute Gasteiger partial charge is 0.387 e. The van der Waals surface area contributed by atoms with Crippen LogP contribution in [-0.2, 0) is 0 Å². The van der Waals surface area contributed by atoms with Crippen LogP contribution in [0.2, 0.25) is 0 Å². The smallest absolute Gasteiger partial charge is 0.0942 e. The summed E-state index contributed by atoms with van der Waals surface area (Å²) in [7, 11) is 2.04. The van der Waals surface area contributed by atoms with Crippen LogP contribution in [0.25, 0.3) is 0 Å². The van der Waals surface area contributed by atoms with Gasteiger partial charge in [0.2, 0.25) is 0 Å². The van der Waals surface area contributed by atoms with E-state index in [1.165, 1.54) is 5.92 Å². The Morgan fingerprint density at radius 2 is 1.89 bits per heavy atom. The topological polar surface area (TPSA) is 23.5 Å². The summed E-state index contributed by atoms with van der Waals surface area (Å²) in [4.78, 5) is 3.29. The third kappa shape index (κ3) is 3.80. The van der Waals surface area contributed by atoms with Crippen LogP contribution in [-0.4, -0.2) is 29.6 Å². The molecule has 1 aliphatic carbocycles. The Morgan fingerprint density at radius 3 is 2.47 bits per heavy atom. The lowest BCUT2D eigenvalue weighted by molar-refractivity contribution is 0.0757. The summed E-state index contributed by atoms with van der Waals surface area (Å²) < 4.78 is 0. The fourth-order valence-electron chi connectivity index (χ4n) is 2.15. The van der Waals surface area contributed by atoms with Gasteiger partial charge in [0, 0.05) is 18.5 Å².